The van der Waals surface area contributed by atoms with Gasteiger partial charge < -0.3 is 24.4 Å². The Morgan fingerprint density at radius 2 is 1.82 bits per heavy atom. The summed E-state index contributed by atoms with van der Waals surface area (Å²) >= 11 is 0. The number of fused-ring (bicyclic) bond motifs is 1. The summed E-state index contributed by atoms with van der Waals surface area (Å²) in [6, 6.07) is 9.09. The highest BCUT2D eigenvalue weighted by Crippen LogP contribution is 2.60. The zero-order chi connectivity index (χ0) is 24.1. The molecule has 0 radical (unpaired) electrons. The van der Waals surface area contributed by atoms with Gasteiger partial charge in [0.25, 0.3) is 0 Å². The summed E-state index contributed by atoms with van der Waals surface area (Å²) in [4.78, 5) is 12.8. The molecule has 6 heteroatoms. The molecule has 5 rings (SSSR count). The Hall–Kier alpha value is -1.47. The summed E-state index contributed by atoms with van der Waals surface area (Å²) < 4.78 is 18.0. The fraction of sp³-hybridized carbons (Fsp3) is 0.750. The van der Waals surface area contributed by atoms with Crippen LogP contribution in [0.25, 0.3) is 0 Å². The topological polar surface area (TPSA) is 85.2 Å². The molecule has 1 saturated heterocycles. The van der Waals surface area contributed by atoms with E-state index in [4.69, 9.17) is 14.2 Å². The van der Waals surface area contributed by atoms with E-state index in [1.165, 1.54) is 0 Å². The largest absolute Gasteiger partial charge is 0.462 e. The zero-order valence-corrected chi connectivity index (χ0v) is 20.7. The van der Waals surface area contributed by atoms with Crippen LogP contribution in [0.5, 0.6) is 0 Å². The van der Waals surface area contributed by atoms with Gasteiger partial charge in [-0.3, -0.25) is 0 Å². The molecule has 3 saturated carbocycles. The summed E-state index contributed by atoms with van der Waals surface area (Å²) in [6.07, 6.45) is 4.31. The molecular weight excluding hydrogens is 432 g/mol. The summed E-state index contributed by atoms with van der Waals surface area (Å²) in [5, 5.41) is 22.6. The third kappa shape index (κ3) is 4.11. The van der Waals surface area contributed by atoms with Crippen LogP contribution < -0.4 is 0 Å². The minimum absolute atomic E-state index is 0.0114. The van der Waals surface area contributed by atoms with Crippen molar-refractivity contribution in [3.8, 4) is 0 Å². The predicted molar refractivity (Wildman–Crippen MR) is 127 cm³/mol. The standard InChI is InChI=1S/C28H40O6/c1-18-15-22(24(29)21-9-10-27(3,31)23(18)21)26(2)11-12-28(33-13-14-34-28)16-20(26)17-32-25(30)19-7-5-4-6-8-19/h4-8,18,20-24,29,31H,9-17H2,1-3H3/t18-,20?,21?,22?,23?,24?,26?,27?/m0/s1. The lowest BCUT2D eigenvalue weighted by molar-refractivity contribution is -0.228. The second-order valence-electron chi connectivity index (χ2n) is 11.9. The summed E-state index contributed by atoms with van der Waals surface area (Å²) in [5.74, 6) is -0.255. The van der Waals surface area contributed by atoms with Gasteiger partial charge in [0.1, 0.15) is 0 Å². The highest BCUT2D eigenvalue weighted by atomic mass is 16.7. The van der Waals surface area contributed by atoms with Crippen molar-refractivity contribution in [1.82, 2.24) is 0 Å². The van der Waals surface area contributed by atoms with Crippen LogP contribution in [0, 0.1) is 35.0 Å². The van der Waals surface area contributed by atoms with Crippen molar-refractivity contribution >= 4 is 5.97 Å². The van der Waals surface area contributed by atoms with Gasteiger partial charge in [0.2, 0.25) is 0 Å². The molecule has 4 fully saturated rings. The number of esters is 1. The van der Waals surface area contributed by atoms with Gasteiger partial charge in [-0.1, -0.05) is 32.0 Å². The third-order valence-corrected chi connectivity index (χ3v) is 9.87. The second kappa shape index (κ2) is 8.88. The van der Waals surface area contributed by atoms with Gasteiger partial charge in [0, 0.05) is 18.8 Å². The lowest BCUT2D eigenvalue weighted by Gasteiger charge is -2.56. The van der Waals surface area contributed by atoms with Crippen molar-refractivity contribution in [2.24, 2.45) is 35.0 Å². The van der Waals surface area contributed by atoms with Crippen LogP contribution in [-0.2, 0) is 14.2 Å². The molecule has 1 aliphatic heterocycles. The highest BCUT2D eigenvalue weighted by molar-refractivity contribution is 5.89. The predicted octanol–water partition coefficient (Wildman–Crippen LogP) is 4.19. The Morgan fingerprint density at radius 1 is 1.12 bits per heavy atom. The van der Waals surface area contributed by atoms with Gasteiger partial charge in [-0.15, -0.1) is 0 Å². The first kappa shape index (κ1) is 24.2. The number of aliphatic hydroxyl groups excluding tert-OH is 1. The van der Waals surface area contributed by atoms with E-state index < -0.39 is 17.5 Å². The molecule has 188 valence electrons. The maximum absolute atomic E-state index is 12.8. The van der Waals surface area contributed by atoms with Crippen molar-refractivity contribution in [3.05, 3.63) is 35.9 Å². The number of carbonyl (C=O) groups is 1. The Bertz CT molecular complexity index is 878. The molecule has 8 atom stereocenters. The van der Waals surface area contributed by atoms with E-state index in [0.29, 0.717) is 31.1 Å². The van der Waals surface area contributed by atoms with Crippen molar-refractivity contribution < 1.29 is 29.2 Å². The maximum atomic E-state index is 12.8. The van der Waals surface area contributed by atoms with Crippen LogP contribution in [0.3, 0.4) is 0 Å². The monoisotopic (exact) mass is 472 g/mol. The quantitative estimate of drug-likeness (QED) is 0.640. The van der Waals surface area contributed by atoms with Crippen molar-refractivity contribution in [2.75, 3.05) is 19.8 Å². The normalized spacial score (nSPS) is 43.6. The Labute approximate surface area is 203 Å². The smallest absolute Gasteiger partial charge is 0.338 e. The number of aliphatic hydroxyl groups is 2. The minimum atomic E-state index is -0.705. The number of rotatable bonds is 4. The molecular formula is C28H40O6. The number of benzene rings is 1. The van der Waals surface area contributed by atoms with Crippen molar-refractivity contribution in [1.29, 1.82) is 0 Å². The van der Waals surface area contributed by atoms with Gasteiger partial charge in [-0.25, -0.2) is 4.79 Å². The van der Waals surface area contributed by atoms with E-state index in [-0.39, 0.29) is 41.7 Å². The van der Waals surface area contributed by atoms with E-state index in [1.807, 2.05) is 25.1 Å². The van der Waals surface area contributed by atoms with E-state index in [0.717, 1.165) is 32.1 Å². The summed E-state index contributed by atoms with van der Waals surface area (Å²) in [6.45, 7) is 7.90. The molecule has 7 unspecified atom stereocenters. The Balaban J connectivity index is 1.39. The van der Waals surface area contributed by atoms with Crippen LogP contribution in [0.4, 0.5) is 0 Å². The molecule has 0 bridgehead atoms. The molecule has 1 aromatic rings. The number of hydrogen-bond acceptors (Lipinski definition) is 6. The van der Waals surface area contributed by atoms with Gasteiger partial charge in [0.05, 0.1) is 37.1 Å². The molecule has 1 spiro atoms. The number of ether oxygens (including phenoxy) is 3. The fourth-order valence-electron chi connectivity index (χ4n) is 8.03. The van der Waals surface area contributed by atoms with Gasteiger partial charge >= 0.3 is 5.97 Å². The fourth-order valence-corrected chi connectivity index (χ4v) is 8.03. The first-order chi connectivity index (χ1) is 16.2. The van der Waals surface area contributed by atoms with Crippen molar-refractivity contribution in [3.63, 3.8) is 0 Å². The average Bonchev–Trinajstić information content (AvgIpc) is 3.41. The summed E-state index contributed by atoms with van der Waals surface area (Å²) in [7, 11) is 0. The van der Waals surface area contributed by atoms with Crippen LogP contribution in [-0.4, -0.2) is 53.5 Å². The third-order valence-electron chi connectivity index (χ3n) is 9.87. The van der Waals surface area contributed by atoms with Gasteiger partial charge in [0.15, 0.2) is 5.79 Å². The Kier molecular flexibility index (Phi) is 6.33. The highest BCUT2D eigenvalue weighted by Gasteiger charge is 2.60. The molecule has 34 heavy (non-hydrogen) atoms. The minimum Gasteiger partial charge on any atom is -0.462 e. The molecule has 1 aromatic carbocycles. The first-order valence-corrected chi connectivity index (χ1v) is 13.1. The average molecular weight is 473 g/mol. The van der Waals surface area contributed by atoms with Crippen LogP contribution in [0.15, 0.2) is 30.3 Å². The maximum Gasteiger partial charge on any atom is 0.338 e. The molecule has 2 N–H and O–H groups in total. The van der Waals surface area contributed by atoms with Gasteiger partial charge in [-0.2, -0.15) is 0 Å². The van der Waals surface area contributed by atoms with E-state index in [1.54, 1.807) is 12.1 Å². The molecule has 1 heterocycles. The van der Waals surface area contributed by atoms with E-state index in [9.17, 15) is 15.0 Å². The first-order valence-electron chi connectivity index (χ1n) is 13.1. The number of hydrogen-bond donors (Lipinski definition) is 2. The molecule has 3 aliphatic carbocycles. The van der Waals surface area contributed by atoms with Gasteiger partial charge in [-0.05, 0) is 73.8 Å². The number of carbonyl (C=O) groups excluding carboxylic acids is 1. The second-order valence-corrected chi connectivity index (χ2v) is 11.9. The molecule has 0 amide bonds. The zero-order valence-electron chi connectivity index (χ0n) is 20.7. The lowest BCUT2D eigenvalue weighted by atomic mass is 9.52. The Morgan fingerprint density at radius 3 is 2.53 bits per heavy atom. The van der Waals surface area contributed by atoms with Crippen LogP contribution >= 0.6 is 0 Å². The van der Waals surface area contributed by atoms with Crippen LogP contribution in [0.1, 0.15) is 69.7 Å². The molecule has 6 nitrogen and oxygen atoms in total. The van der Waals surface area contributed by atoms with E-state index in [2.05, 4.69) is 13.8 Å². The molecule has 0 aromatic heterocycles. The van der Waals surface area contributed by atoms with E-state index >= 15 is 0 Å². The molecule has 4 aliphatic rings. The lowest BCUT2D eigenvalue weighted by Crippen LogP contribution is -2.57. The van der Waals surface area contributed by atoms with Crippen molar-refractivity contribution in [2.45, 2.75) is 76.8 Å². The SMILES string of the molecule is C[C@H]1CC(C2(C)CCC3(CC2COC(=O)c2ccccc2)OCCO3)C(O)C2CCC(C)(O)C21. The summed E-state index contributed by atoms with van der Waals surface area (Å²) in [5.41, 5.74) is -0.376. The van der Waals surface area contributed by atoms with Crippen LogP contribution in [0.2, 0.25) is 0 Å².